The monoisotopic (exact) mass is 427 g/mol. The van der Waals surface area contributed by atoms with E-state index in [9.17, 15) is 18.0 Å². The van der Waals surface area contributed by atoms with Gasteiger partial charge in [-0.25, -0.2) is 0 Å². The number of benzene rings is 2. The molecule has 0 bridgehead atoms. The normalized spacial score (nSPS) is 19.2. The maximum atomic E-state index is 13.1. The van der Waals surface area contributed by atoms with Gasteiger partial charge in [-0.3, -0.25) is 9.48 Å². The highest BCUT2D eigenvalue weighted by Crippen LogP contribution is 2.37. The quantitative estimate of drug-likeness (QED) is 0.589. The summed E-state index contributed by atoms with van der Waals surface area (Å²) in [5.41, 5.74) is 2.72. The number of alkyl halides is 3. The largest absolute Gasteiger partial charge is 0.391 e. The van der Waals surface area contributed by atoms with Crippen LogP contribution in [0.1, 0.15) is 41.6 Å². The number of hydrogen-bond donors (Lipinski definition) is 1. The Morgan fingerprint density at radius 3 is 2.39 bits per heavy atom. The van der Waals surface area contributed by atoms with Gasteiger partial charge in [0.15, 0.2) is 0 Å². The molecule has 1 aromatic heterocycles. The zero-order valence-corrected chi connectivity index (χ0v) is 17.0. The van der Waals surface area contributed by atoms with Crippen LogP contribution in [0, 0.1) is 5.92 Å². The van der Waals surface area contributed by atoms with Gasteiger partial charge < -0.3 is 5.32 Å². The van der Waals surface area contributed by atoms with Crippen LogP contribution in [0.3, 0.4) is 0 Å². The molecule has 1 aliphatic rings. The number of halogens is 3. The van der Waals surface area contributed by atoms with Crippen molar-refractivity contribution in [2.24, 2.45) is 5.92 Å². The van der Waals surface area contributed by atoms with E-state index in [0.717, 1.165) is 11.1 Å². The van der Waals surface area contributed by atoms with Crippen LogP contribution >= 0.6 is 0 Å². The minimum Gasteiger partial charge on any atom is -0.349 e. The summed E-state index contributed by atoms with van der Waals surface area (Å²) in [5, 5.41) is 7.45. The molecule has 2 atom stereocenters. The van der Waals surface area contributed by atoms with Crippen molar-refractivity contribution in [3.05, 3.63) is 78.0 Å². The van der Waals surface area contributed by atoms with Crippen LogP contribution < -0.4 is 5.32 Å². The highest BCUT2D eigenvalue weighted by molar-refractivity contribution is 6.00. The third-order valence-electron chi connectivity index (χ3n) is 5.71. The van der Waals surface area contributed by atoms with E-state index in [2.05, 4.69) is 10.4 Å². The molecule has 0 radical (unpaired) electrons. The fourth-order valence-corrected chi connectivity index (χ4v) is 4.13. The zero-order valence-electron chi connectivity index (χ0n) is 17.0. The van der Waals surface area contributed by atoms with E-state index in [0.29, 0.717) is 30.6 Å². The number of carbonyl (C=O) groups excluding carboxylic acids is 1. The van der Waals surface area contributed by atoms with Gasteiger partial charge in [0.2, 0.25) is 0 Å². The second-order valence-corrected chi connectivity index (χ2v) is 8.02. The van der Waals surface area contributed by atoms with E-state index < -0.39 is 18.1 Å². The molecule has 4 nitrogen and oxygen atoms in total. The first kappa shape index (κ1) is 21.2. The van der Waals surface area contributed by atoms with E-state index in [-0.39, 0.29) is 18.7 Å². The van der Waals surface area contributed by atoms with Gasteiger partial charge >= 0.3 is 6.18 Å². The van der Waals surface area contributed by atoms with Gasteiger partial charge in [-0.05, 0) is 24.8 Å². The minimum atomic E-state index is -4.22. The van der Waals surface area contributed by atoms with Gasteiger partial charge in [0.05, 0.1) is 18.0 Å². The first-order valence-electron chi connectivity index (χ1n) is 10.4. The summed E-state index contributed by atoms with van der Waals surface area (Å²) < 4.78 is 41.1. The molecule has 1 aliphatic carbocycles. The number of amides is 1. The second-order valence-electron chi connectivity index (χ2n) is 8.02. The topological polar surface area (TPSA) is 46.9 Å². The van der Waals surface area contributed by atoms with Crippen molar-refractivity contribution in [2.45, 2.75) is 44.4 Å². The van der Waals surface area contributed by atoms with Crippen molar-refractivity contribution in [1.29, 1.82) is 0 Å². The lowest BCUT2D eigenvalue weighted by Gasteiger charge is -2.31. The molecule has 1 fully saturated rings. The summed E-state index contributed by atoms with van der Waals surface area (Å²) in [7, 11) is 0. The first-order valence-corrected chi connectivity index (χ1v) is 10.4. The standard InChI is InChI=1S/C24H24F3N3O/c25-24(26,27)19-12-7-13-20(14-19)28-23(31)21-16-30(15-17-8-3-1-4-9-17)29-22(21)18-10-5-2-6-11-18/h1-6,8-11,16,19-20H,7,12-15H2,(H,28,31). The molecule has 1 amide bonds. The molecule has 7 heteroatoms. The van der Waals surface area contributed by atoms with Crippen LogP contribution in [0.5, 0.6) is 0 Å². The predicted molar refractivity (Wildman–Crippen MR) is 112 cm³/mol. The summed E-state index contributed by atoms with van der Waals surface area (Å²) in [6, 6.07) is 18.6. The highest BCUT2D eigenvalue weighted by atomic mass is 19.4. The van der Waals surface area contributed by atoms with Crippen LogP contribution in [0.15, 0.2) is 66.9 Å². The lowest BCUT2D eigenvalue weighted by Crippen LogP contribution is -2.41. The summed E-state index contributed by atoms with van der Waals surface area (Å²) in [6.45, 7) is 0.494. The molecular weight excluding hydrogens is 403 g/mol. The Balaban J connectivity index is 1.57. The van der Waals surface area contributed by atoms with Gasteiger partial charge in [0.25, 0.3) is 5.91 Å². The Morgan fingerprint density at radius 2 is 1.71 bits per heavy atom. The molecular formula is C24H24F3N3O. The van der Waals surface area contributed by atoms with Crippen molar-refractivity contribution in [2.75, 3.05) is 0 Å². The molecule has 3 aromatic rings. The van der Waals surface area contributed by atoms with E-state index in [1.54, 1.807) is 10.9 Å². The molecule has 162 valence electrons. The maximum Gasteiger partial charge on any atom is 0.391 e. The van der Waals surface area contributed by atoms with Crippen LogP contribution in [0.2, 0.25) is 0 Å². The average Bonchev–Trinajstić information content (AvgIpc) is 3.19. The third kappa shape index (κ3) is 5.16. The number of aromatic nitrogens is 2. The van der Waals surface area contributed by atoms with Crippen LogP contribution in [-0.4, -0.2) is 27.9 Å². The molecule has 0 saturated heterocycles. The Morgan fingerprint density at radius 1 is 1.03 bits per heavy atom. The number of carbonyl (C=O) groups is 1. The van der Waals surface area contributed by atoms with Gasteiger partial charge in [-0.2, -0.15) is 18.3 Å². The predicted octanol–water partition coefficient (Wildman–Crippen LogP) is 5.45. The van der Waals surface area contributed by atoms with Gasteiger partial charge in [-0.1, -0.05) is 67.1 Å². The Labute approximate surface area is 179 Å². The summed E-state index contributed by atoms with van der Waals surface area (Å²) in [5.74, 6) is -1.74. The van der Waals surface area contributed by atoms with E-state index in [1.165, 1.54) is 0 Å². The van der Waals surface area contributed by atoms with Crippen LogP contribution in [-0.2, 0) is 6.54 Å². The lowest BCUT2D eigenvalue weighted by molar-refractivity contribution is -0.183. The number of hydrogen-bond acceptors (Lipinski definition) is 2. The Hall–Kier alpha value is -3.09. The minimum absolute atomic E-state index is 0.0753. The molecule has 1 saturated carbocycles. The van der Waals surface area contributed by atoms with Crippen molar-refractivity contribution in [3.8, 4) is 11.3 Å². The molecule has 2 unspecified atom stereocenters. The van der Waals surface area contributed by atoms with E-state index in [1.807, 2.05) is 60.7 Å². The lowest BCUT2D eigenvalue weighted by atomic mass is 9.85. The first-order chi connectivity index (χ1) is 14.9. The highest BCUT2D eigenvalue weighted by Gasteiger charge is 2.42. The van der Waals surface area contributed by atoms with Crippen molar-refractivity contribution in [3.63, 3.8) is 0 Å². The SMILES string of the molecule is O=C(NC1CCCC(C(F)(F)F)C1)c1cn(Cc2ccccc2)nc1-c1ccccc1. The van der Waals surface area contributed by atoms with Gasteiger partial charge in [-0.15, -0.1) is 0 Å². The van der Waals surface area contributed by atoms with Crippen molar-refractivity contribution >= 4 is 5.91 Å². The molecule has 1 heterocycles. The molecule has 0 aliphatic heterocycles. The van der Waals surface area contributed by atoms with Gasteiger partial charge in [0, 0.05) is 17.8 Å². The number of rotatable bonds is 5. The fraction of sp³-hybridized carbons (Fsp3) is 0.333. The number of nitrogens with zero attached hydrogens (tertiary/aromatic N) is 2. The smallest absolute Gasteiger partial charge is 0.349 e. The van der Waals surface area contributed by atoms with Gasteiger partial charge in [0.1, 0.15) is 5.69 Å². The van der Waals surface area contributed by atoms with Crippen LogP contribution in [0.4, 0.5) is 13.2 Å². The maximum absolute atomic E-state index is 13.1. The fourth-order valence-electron chi connectivity index (χ4n) is 4.13. The summed E-state index contributed by atoms with van der Waals surface area (Å²) in [4.78, 5) is 13.1. The van der Waals surface area contributed by atoms with E-state index in [4.69, 9.17) is 0 Å². The zero-order chi connectivity index (χ0) is 21.8. The van der Waals surface area contributed by atoms with Crippen molar-refractivity contribution < 1.29 is 18.0 Å². The molecule has 0 spiro atoms. The average molecular weight is 427 g/mol. The van der Waals surface area contributed by atoms with E-state index >= 15 is 0 Å². The van der Waals surface area contributed by atoms with Crippen LogP contribution in [0.25, 0.3) is 11.3 Å². The second kappa shape index (κ2) is 8.96. The molecule has 2 aromatic carbocycles. The molecule has 31 heavy (non-hydrogen) atoms. The summed E-state index contributed by atoms with van der Waals surface area (Å²) in [6.07, 6.45) is -1.49. The molecule has 4 rings (SSSR count). The third-order valence-corrected chi connectivity index (χ3v) is 5.71. The Bertz CT molecular complexity index is 1020. The van der Waals surface area contributed by atoms with Crippen molar-refractivity contribution in [1.82, 2.24) is 15.1 Å². The Kier molecular flexibility index (Phi) is 6.11. The molecule has 1 N–H and O–H groups in total. The summed E-state index contributed by atoms with van der Waals surface area (Å²) >= 11 is 0. The number of nitrogens with one attached hydrogen (secondary N) is 1.